The van der Waals surface area contributed by atoms with Gasteiger partial charge in [-0.25, -0.2) is 4.79 Å². The van der Waals surface area contributed by atoms with Crippen LogP contribution in [0.1, 0.15) is 0 Å². The number of hydrogen-bond acceptors (Lipinski definition) is 5. The first-order chi connectivity index (χ1) is 7.49. The first kappa shape index (κ1) is 11.5. The number of rotatable bonds is 4. The number of carbonyl (C=O) groups is 1. The minimum Gasteiger partial charge on any atom is -0.369 e. The van der Waals surface area contributed by atoms with Gasteiger partial charge in [0.1, 0.15) is 0 Å². The van der Waals surface area contributed by atoms with Crippen LogP contribution in [0.3, 0.4) is 0 Å². The lowest BCUT2D eigenvalue weighted by molar-refractivity contribution is 0.246. The summed E-state index contributed by atoms with van der Waals surface area (Å²) in [5, 5.41) is 12.1. The molecule has 1 heterocycles. The Bertz CT molecular complexity index is 285. The molecule has 2 amide bonds. The van der Waals surface area contributed by atoms with E-state index >= 15 is 0 Å². The zero-order valence-electron chi connectivity index (χ0n) is 8.27. The molecule has 1 rings (SSSR count). The molecule has 1 aliphatic heterocycles. The molecule has 12 N–H and O–H groups in total. The summed E-state index contributed by atoms with van der Waals surface area (Å²) in [5.74, 6) is -0.330. The molecular weight excluding hydrogens is 216 g/mol. The van der Waals surface area contributed by atoms with Crippen LogP contribution < -0.4 is 44.4 Å². The van der Waals surface area contributed by atoms with Crippen LogP contribution in [0.4, 0.5) is 4.79 Å². The molecule has 11 nitrogen and oxygen atoms in total. The SMILES string of the molecule is NC(N)=NN[C@@H]1NC(=O)N[C@@H]1NN=C(N)N. The molecule has 0 saturated carbocycles. The Balaban J connectivity index is 2.56. The molecule has 0 bridgehead atoms. The lowest BCUT2D eigenvalue weighted by Crippen LogP contribution is -2.51. The number of nitrogens with two attached hydrogens (primary N) is 4. The van der Waals surface area contributed by atoms with Crippen LogP contribution in [0.15, 0.2) is 10.2 Å². The van der Waals surface area contributed by atoms with Gasteiger partial charge in [0.15, 0.2) is 12.3 Å². The molecule has 16 heavy (non-hydrogen) atoms. The molecule has 11 heteroatoms. The van der Waals surface area contributed by atoms with Crippen LogP contribution in [0.2, 0.25) is 0 Å². The topological polar surface area (TPSA) is 194 Å². The fraction of sp³-hybridized carbons (Fsp3) is 0.400. The molecule has 0 aromatic heterocycles. The van der Waals surface area contributed by atoms with E-state index in [9.17, 15) is 4.79 Å². The third-order valence-electron chi connectivity index (χ3n) is 1.57. The number of carbonyl (C=O) groups excluding carboxylic acids is 1. The zero-order valence-corrected chi connectivity index (χ0v) is 8.27. The summed E-state index contributed by atoms with van der Waals surface area (Å²) in [5.41, 5.74) is 25.5. The molecule has 0 aliphatic carbocycles. The maximum atomic E-state index is 11.0. The second kappa shape index (κ2) is 4.77. The Morgan fingerprint density at radius 2 is 1.38 bits per heavy atom. The van der Waals surface area contributed by atoms with Crippen molar-refractivity contribution in [2.24, 2.45) is 33.1 Å². The van der Waals surface area contributed by atoms with Crippen LogP contribution >= 0.6 is 0 Å². The third-order valence-corrected chi connectivity index (χ3v) is 1.57. The van der Waals surface area contributed by atoms with Crippen LogP contribution in [0, 0.1) is 0 Å². The van der Waals surface area contributed by atoms with Gasteiger partial charge in [0.05, 0.1) is 0 Å². The van der Waals surface area contributed by atoms with E-state index in [1.54, 1.807) is 0 Å². The van der Waals surface area contributed by atoms with Crippen molar-refractivity contribution in [1.29, 1.82) is 0 Å². The minimum atomic E-state index is -0.585. The van der Waals surface area contributed by atoms with Crippen molar-refractivity contribution >= 4 is 18.0 Å². The molecule has 0 radical (unpaired) electrons. The van der Waals surface area contributed by atoms with Gasteiger partial charge in [-0.3, -0.25) is 10.9 Å². The molecule has 0 aromatic carbocycles. The van der Waals surface area contributed by atoms with Gasteiger partial charge in [-0.15, -0.1) is 10.2 Å². The molecule has 2 atom stereocenters. The number of amides is 2. The van der Waals surface area contributed by atoms with Gasteiger partial charge >= 0.3 is 6.03 Å². The minimum absolute atomic E-state index is 0.165. The molecule has 0 aromatic rings. The maximum absolute atomic E-state index is 11.0. The van der Waals surface area contributed by atoms with Gasteiger partial charge in [-0.1, -0.05) is 0 Å². The van der Waals surface area contributed by atoms with Gasteiger partial charge < -0.3 is 33.6 Å². The first-order valence-electron chi connectivity index (χ1n) is 4.24. The Kier molecular flexibility index (Phi) is 3.42. The van der Waals surface area contributed by atoms with Gasteiger partial charge in [0, 0.05) is 0 Å². The summed E-state index contributed by atoms with van der Waals surface area (Å²) < 4.78 is 0. The Morgan fingerprint density at radius 3 is 1.69 bits per heavy atom. The van der Waals surface area contributed by atoms with Gasteiger partial charge in [0.2, 0.25) is 11.9 Å². The monoisotopic (exact) mass is 230 g/mol. The summed E-state index contributed by atoms with van der Waals surface area (Å²) in [6, 6.07) is -0.411. The van der Waals surface area contributed by atoms with E-state index < -0.39 is 18.4 Å². The molecule has 1 aliphatic rings. The molecule has 90 valence electrons. The Labute approximate surface area is 90.6 Å². The summed E-state index contributed by atoms with van der Waals surface area (Å²) in [7, 11) is 0. The molecule has 1 fully saturated rings. The number of nitrogens with zero attached hydrogens (tertiary/aromatic N) is 2. The van der Waals surface area contributed by atoms with E-state index in [0.29, 0.717) is 0 Å². The van der Waals surface area contributed by atoms with Crippen molar-refractivity contribution < 1.29 is 4.79 Å². The fourth-order valence-electron chi connectivity index (χ4n) is 0.993. The van der Waals surface area contributed by atoms with E-state index in [2.05, 4.69) is 31.7 Å². The maximum Gasteiger partial charge on any atom is 0.318 e. The second-order valence-corrected chi connectivity index (χ2v) is 2.90. The normalized spacial score (nSPS) is 22.6. The summed E-state index contributed by atoms with van der Waals surface area (Å²) in [6.07, 6.45) is -1.17. The standard InChI is InChI=1S/C5H14N10O/c6-3(7)14-12-1-2(11-5(16)10-1)13-15-4(8)9/h1-2,12-13H,(H4,6,7,14)(H4,8,9,15)(H2,10,11,16)/t1-,2+. The largest absolute Gasteiger partial charge is 0.369 e. The molecular formula is C5H14N10O. The van der Waals surface area contributed by atoms with Gasteiger partial charge in [-0.2, -0.15) is 0 Å². The van der Waals surface area contributed by atoms with Gasteiger partial charge in [-0.05, 0) is 0 Å². The predicted octanol–water partition coefficient (Wildman–Crippen LogP) is -4.49. The van der Waals surface area contributed by atoms with E-state index in [0.717, 1.165) is 0 Å². The molecule has 0 spiro atoms. The first-order valence-corrected chi connectivity index (χ1v) is 4.24. The average Bonchev–Trinajstić information content (AvgIpc) is 2.52. The number of hydrazone groups is 2. The number of guanidine groups is 2. The van der Waals surface area contributed by atoms with Crippen molar-refractivity contribution in [1.82, 2.24) is 21.5 Å². The van der Waals surface area contributed by atoms with Crippen molar-refractivity contribution in [2.75, 3.05) is 0 Å². The highest BCUT2D eigenvalue weighted by Gasteiger charge is 2.31. The second-order valence-electron chi connectivity index (χ2n) is 2.90. The van der Waals surface area contributed by atoms with Crippen molar-refractivity contribution in [3.05, 3.63) is 0 Å². The smallest absolute Gasteiger partial charge is 0.318 e. The highest BCUT2D eigenvalue weighted by Crippen LogP contribution is 1.95. The van der Waals surface area contributed by atoms with Crippen LogP contribution in [0.25, 0.3) is 0 Å². The summed E-state index contributed by atoms with van der Waals surface area (Å²) >= 11 is 0. The highest BCUT2D eigenvalue weighted by molar-refractivity contribution is 5.78. The van der Waals surface area contributed by atoms with Crippen LogP contribution in [-0.2, 0) is 0 Å². The Morgan fingerprint density at radius 1 is 1.00 bits per heavy atom. The third kappa shape index (κ3) is 3.28. The van der Waals surface area contributed by atoms with Crippen molar-refractivity contribution in [2.45, 2.75) is 12.3 Å². The van der Waals surface area contributed by atoms with Crippen molar-refractivity contribution in [3.63, 3.8) is 0 Å². The quantitative estimate of drug-likeness (QED) is 0.135. The van der Waals surface area contributed by atoms with E-state index in [1.165, 1.54) is 0 Å². The number of urea groups is 1. The number of nitrogens with one attached hydrogen (secondary N) is 4. The van der Waals surface area contributed by atoms with E-state index in [1.807, 2.05) is 0 Å². The fourth-order valence-corrected chi connectivity index (χ4v) is 0.993. The lowest BCUT2D eigenvalue weighted by atomic mass is 10.4. The van der Waals surface area contributed by atoms with Gasteiger partial charge in [0.25, 0.3) is 0 Å². The molecule has 0 unspecified atom stereocenters. The van der Waals surface area contributed by atoms with E-state index in [-0.39, 0.29) is 11.9 Å². The average molecular weight is 230 g/mol. The van der Waals surface area contributed by atoms with Crippen LogP contribution in [0.5, 0.6) is 0 Å². The molecule has 1 saturated heterocycles. The van der Waals surface area contributed by atoms with E-state index in [4.69, 9.17) is 22.9 Å². The summed E-state index contributed by atoms with van der Waals surface area (Å²) in [6.45, 7) is 0. The van der Waals surface area contributed by atoms with Crippen molar-refractivity contribution in [3.8, 4) is 0 Å². The van der Waals surface area contributed by atoms with Crippen LogP contribution in [-0.4, -0.2) is 30.3 Å². The summed E-state index contributed by atoms with van der Waals surface area (Å²) in [4.78, 5) is 11.0. The highest BCUT2D eigenvalue weighted by atomic mass is 16.2. The Hall–Kier alpha value is -2.59. The lowest BCUT2D eigenvalue weighted by Gasteiger charge is -2.17. The predicted molar refractivity (Wildman–Crippen MR) is 57.1 cm³/mol. The number of hydrogen-bond donors (Lipinski definition) is 8. The zero-order chi connectivity index (χ0) is 12.1.